The maximum Gasteiger partial charge on any atom is 0.337 e. The Morgan fingerprint density at radius 3 is 2.80 bits per heavy atom. The maximum absolute atomic E-state index is 13.1. The minimum absolute atomic E-state index is 0.120. The summed E-state index contributed by atoms with van der Waals surface area (Å²) in [6.45, 7) is 0.329. The van der Waals surface area contributed by atoms with Crippen LogP contribution in [-0.4, -0.2) is 18.2 Å². The molecule has 0 atom stereocenters. The van der Waals surface area contributed by atoms with Gasteiger partial charge in [0, 0.05) is 18.3 Å². The molecular formula is C15H14FNO3. The molecule has 0 radical (unpaired) electrons. The predicted molar refractivity (Wildman–Crippen MR) is 73.2 cm³/mol. The molecule has 0 saturated heterocycles. The van der Waals surface area contributed by atoms with Crippen molar-refractivity contribution >= 4 is 11.7 Å². The SMILES string of the molecule is COC(=O)c1cccc(NCc2cc(O)cc(F)c2)c1. The van der Waals surface area contributed by atoms with E-state index in [1.54, 1.807) is 24.3 Å². The first-order valence-electron chi connectivity index (χ1n) is 5.99. The van der Waals surface area contributed by atoms with Crippen molar-refractivity contribution in [3.8, 4) is 5.75 Å². The van der Waals surface area contributed by atoms with Gasteiger partial charge in [0.25, 0.3) is 0 Å². The van der Waals surface area contributed by atoms with Crippen LogP contribution >= 0.6 is 0 Å². The lowest BCUT2D eigenvalue weighted by molar-refractivity contribution is 0.0601. The molecule has 0 bridgehead atoms. The second-order valence-corrected chi connectivity index (χ2v) is 4.24. The van der Waals surface area contributed by atoms with E-state index in [9.17, 15) is 14.3 Å². The fourth-order valence-electron chi connectivity index (χ4n) is 1.81. The Balaban J connectivity index is 2.09. The third-order valence-corrected chi connectivity index (χ3v) is 2.72. The van der Waals surface area contributed by atoms with E-state index in [1.807, 2.05) is 0 Å². The minimum atomic E-state index is -0.495. The van der Waals surface area contributed by atoms with Gasteiger partial charge in [0.2, 0.25) is 0 Å². The third kappa shape index (κ3) is 3.47. The van der Waals surface area contributed by atoms with E-state index in [1.165, 1.54) is 19.2 Å². The van der Waals surface area contributed by atoms with Gasteiger partial charge in [-0.3, -0.25) is 0 Å². The Bertz CT molecular complexity index is 608. The number of anilines is 1. The molecule has 2 aromatic rings. The van der Waals surface area contributed by atoms with Gasteiger partial charge in [0.05, 0.1) is 12.7 Å². The Morgan fingerprint density at radius 1 is 1.30 bits per heavy atom. The lowest BCUT2D eigenvalue weighted by atomic mass is 10.1. The summed E-state index contributed by atoms with van der Waals surface area (Å²) in [5.41, 5.74) is 1.74. The zero-order chi connectivity index (χ0) is 14.5. The second-order valence-electron chi connectivity index (χ2n) is 4.24. The summed E-state index contributed by atoms with van der Waals surface area (Å²) in [5.74, 6) is -1.03. The van der Waals surface area contributed by atoms with Crippen molar-refractivity contribution in [3.05, 3.63) is 59.4 Å². The van der Waals surface area contributed by atoms with Crippen LogP contribution in [0, 0.1) is 5.82 Å². The van der Waals surface area contributed by atoms with E-state index >= 15 is 0 Å². The molecule has 0 aliphatic rings. The molecule has 0 unspecified atom stereocenters. The molecular weight excluding hydrogens is 261 g/mol. The minimum Gasteiger partial charge on any atom is -0.508 e. The number of hydrogen-bond acceptors (Lipinski definition) is 4. The summed E-state index contributed by atoms with van der Waals surface area (Å²) in [4.78, 5) is 11.4. The highest BCUT2D eigenvalue weighted by molar-refractivity contribution is 5.90. The van der Waals surface area contributed by atoms with Crippen LogP contribution in [0.1, 0.15) is 15.9 Å². The van der Waals surface area contributed by atoms with E-state index in [2.05, 4.69) is 10.1 Å². The number of hydrogen-bond donors (Lipinski definition) is 2. The van der Waals surface area contributed by atoms with Crippen molar-refractivity contribution in [1.29, 1.82) is 0 Å². The number of halogens is 1. The number of ether oxygens (including phenoxy) is 1. The number of carbonyl (C=O) groups excluding carboxylic acids is 1. The van der Waals surface area contributed by atoms with Gasteiger partial charge in [0.1, 0.15) is 11.6 Å². The summed E-state index contributed by atoms with van der Waals surface area (Å²) >= 11 is 0. The quantitative estimate of drug-likeness (QED) is 0.842. The summed E-state index contributed by atoms with van der Waals surface area (Å²) < 4.78 is 17.8. The van der Waals surface area contributed by atoms with Crippen LogP contribution in [0.25, 0.3) is 0 Å². The standard InChI is InChI=1S/C15H14FNO3/c1-20-15(19)11-3-2-4-13(7-11)17-9-10-5-12(16)8-14(18)6-10/h2-8,17-18H,9H2,1H3. The Kier molecular flexibility index (Phi) is 4.20. The highest BCUT2D eigenvalue weighted by Gasteiger charge is 2.06. The van der Waals surface area contributed by atoms with Crippen molar-refractivity contribution in [2.24, 2.45) is 0 Å². The normalized spacial score (nSPS) is 10.1. The van der Waals surface area contributed by atoms with Crippen molar-refractivity contribution in [3.63, 3.8) is 0 Å². The molecule has 5 heteroatoms. The van der Waals surface area contributed by atoms with Crippen LogP contribution in [0.4, 0.5) is 10.1 Å². The predicted octanol–water partition coefficient (Wildman–Crippen LogP) is 2.93. The molecule has 0 saturated carbocycles. The van der Waals surface area contributed by atoms with E-state index in [-0.39, 0.29) is 5.75 Å². The topological polar surface area (TPSA) is 58.6 Å². The van der Waals surface area contributed by atoms with E-state index < -0.39 is 11.8 Å². The monoisotopic (exact) mass is 275 g/mol. The first-order chi connectivity index (χ1) is 9.58. The molecule has 20 heavy (non-hydrogen) atoms. The number of esters is 1. The summed E-state index contributed by atoms with van der Waals surface area (Å²) in [6, 6.07) is 10.6. The van der Waals surface area contributed by atoms with Crippen LogP contribution in [0.3, 0.4) is 0 Å². The van der Waals surface area contributed by atoms with Crippen LogP contribution in [0.5, 0.6) is 5.75 Å². The van der Waals surface area contributed by atoms with Gasteiger partial charge in [-0.05, 0) is 35.9 Å². The lowest BCUT2D eigenvalue weighted by Gasteiger charge is -2.08. The molecule has 0 fully saturated rings. The average Bonchev–Trinajstić information content (AvgIpc) is 2.43. The van der Waals surface area contributed by atoms with Gasteiger partial charge in [0.15, 0.2) is 0 Å². The van der Waals surface area contributed by atoms with Crippen molar-refractivity contribution in [1.82, 2.24) is 0 Å². The van der Waals surface area contributed by atoms with E-state index in [4.69, 9.17) is 0 Å². The van der Waals surface area contributed by atoms with Crippen molar-refractivity contribution in [2.75, 3.05) is 12.4 Å². The van der Waals surface area contributed by atoms with Gasteiger partial charge in [-0.15, -0.1) is 0 Å². The number of methoxy groups -OCH3 is 1. The van der Waals surface area contributed by atoms with E-state index in [0.29, 0.717) is 23.4 Å². The lowest BCUT2D eigenvalue weighted by Crippen LogP contribution is -2.04. The number of phenols is 1. The molecule has 0 spiro atoms. The van der Waals surface area contributed by atoms with E-state index in [0.717, 1.165) is 6.07 Å². The van der Waals surface area contributed by atoms with Gasteiger partial charge >= 0.3 is 5.97 Å². The first kappa shape index (κ1) is 13.9. The van der Waals surface area contributed by atoms with Gasteiger partial charge in [-0.2, -0.15) is 0 Å². The van der Waals surface area contributed by atoms with Gasteiger partial charge < -0.3 is 15.2 Å². The number of aromatic hydroxyl groups is 1. The molecule has 2 aromatic carbocycles. The van der Waals surface area contributed by atoms with Crippen molar-refractivity contribution < 1.29 is 19.0 Å². The van der Waals surface area contributed by atoms with Crippen LogP contribution in [0.15, 0.2) is 42.5 Å². The Morgan fingerprint density at radius 2 is 2.10 bits per heavy atom. The molecule has 0 heterocycles. The highest BCUT2D eigenvalue weighted by atomic mass is 19.1. The summed E-state index contributed by atoms with van der Waals surface area (Å²) in [5, 5.41) is 12.4. The molecule has 0 aromatic heterocycles. The van der Waals surface area contributed by atoms with Crippen molar-refractivity contribution in [2.45, 2.75) is 6.54 Å². The second kappa shape index (κ2) is 6.06. The number of nitrogens with one attached hydrogen (secondary N) is 1. The Hall–Kier alpha value is -2.56. The van der Waals surface area contributed by atoms with Crippen LogP contribution in [0.2, 0.25) is 0 Å². The molecule has 2 rings (SSSR count). The average molecular weight is 275 g/mol. The molecule has 2 N–H and O–H groups in total. The number of benzene rings is 2. The van der Waals surface area contributed by atoms with Gasteiger partial charge in [-0.1, -0.05) is 6.07 Å². The third-order valence-electron chi connectivity index (χ3n) is 2.72. The number of rotatable bonds is 4. The molecule has 0 aliphatic heterocycles. The van der Waals surface area contributed by atoms with Crippen LogP contribution < -0.4 is 5.32 Å². The fraction of sp³-hybridized carbons (Fsp3) is 0.133. The summed E-state index contributed by atoms with van der Waals surface area (Å²) in [7, 11) is 1.32. The number of phenolic OH excluding ortho intramolecular Hbond substituents is 1. The fourth-order valence-corrected chi connectivity index (χ4v) is 1.81. The number of carbonyl (C=O) groups is 1. The largest absolute Gasteiger partial charge is 0.508 e. The Labute approximate surface area is 115 Å². The summed E-state index contributed by atoms with van der Waals surface area (Å²) in [6.07, 6.45) is 0. The molecule has 104 valence electrons. The van der Waals surface area contributed by atoms with Gasteiger partial charge in [-0.25, -0.2) is 9.18 Å². The zero-order valence-corrected chi connectivity index (χ0v) is 10.9. The highest BCUT2D eigenvalue weighted by Crippen LogP contribution is 2.17. The first-order valence-corrected chi connectivity index (χ1v) is 5.99. The smallest absolute Gasteiger partial charge is 0.337 e. The molecule has 0 amide bonds. The molecule has 4 nitrogen and oxygen atoms in total. The maximum atomic E-state index is 13.1. The van der Waals surface area contributed by atoms with Crippen LogP contribution in [-0.2, 0) is 11.3 Å². The zero-order valence-electron chi connectivity index (χ0n) is 10.9. The molecule has 0 aliphatic carbocycles.